The van der Waals surface area contributed by atoms with E-state index in [-0.39, 0.29) is 18.6 Å². The van der Waals surface area contributed by atoms with E-state index in [1.165, 1.54) is 18.4 Å². The number of nitrogen functional groups attached to an aromatic ring is 1. The Kier molecular flexibility index (Phi) is 4.70. The molecular formula is C18H17N5O4S. The summed E-state index contributed by atoms with van der Waals surface area (Å²) in [5.74, 6) is 1.16. The lowest BCUT2D eigenvalue weighted by Crippen LogP contribution is -2.21. The Morgan fingerprint density at radius 1 is 1.32 bits per heavy atom. The lowest BCUT2D eigenvalue weighted by atomic mass is 10.0. The monoisotopic (exact) mass is 399 g/mol. The summed E-state index contributed by atoms with van der Waals surface area (Å²) < 4.78 is 10.8. The van der Waals surface area contributed by atoms with Gasteiger partial charge in [-0.05, 0) is 31.2 Å². The van der Waals surface area contributed by atoms with Crippen molar-refractivity contribution >= 4 is 39.1 Å². The molecule has 3 aromatic rings. The van der Waals surface area contributed by atoms with E-state index in [1.54, 1.807) is 18.2 Å². The van der Waals surface area contributed by atoms with Crippen molar-refractivity contribution in [3.05, 3.63) is 40.4 Å². The molecule has 0 fully saturated rings. The summed E-state index contributed by atoms with van der Waals surface area (Å²) in [5.41, 5.74) is 7.53. The predicted molar refractivity (Wildman–Crippen MR) is 105 cm³/mol. The summed E-state index contributed by atoms with van der Waals surface area (Å²) in [5, 5.41) is 7.59. The molecule has 0 bridgehead atoms. The number of nitrogens with two attached hydrogens (primary N) is 1. The van der Waals surface area contributed by atoms with Gasteiger partial charge in [0, 0.05) is 17.5 Å². The first-order chi connectivity index (χ1) is 13.6. The topological polar surface area (TPSA) is 121 Å². The first-order valence-corrected chi connectivity index (χ1v) is 9.29. The maximum Gasteiger partial charge on any atom is 0.261 e. The molecule has 9 nitrogen and oxygen atoms in total. The van der Waals surface area contributed by atoms with Gasteiger partial charge in [-0.15, -0.1) is 11.3 Å². The van der Waals surface area contributed by atoms with Crippen LogP contribution in [0.4, 0.5) is 5.95 Å². The number of carbonyl (C=O) groups excluding carboxylic acids is 1. The Morgan fingerprint density at radius 2 is 2.14 bits per heavy atom. The second-order valence-electron chi connectivity index (χ2n) is 5.81. The Bertz CT molecular complexity index is 1100. The zero-order chi connectivity index (χ0) is 19.7. The van der Waals surface area contributed by atoms with Crippen LogP contribution in [0, 0.1) is 0 Å². The maximum atomic E-state index is 12.2. The third-order valence-corrected chi connectivity index (χ3v) is 5.05. The third-order valence-electron chi connectivity index (χ3n) is 4.02. The number of hydrogen-bond donors (Lipinski definition) is 2. The van der Waals surface area contributed by atoms with Gasteiger partial charge in [0.25, 0.3) is 5.91 Å². The molecule has 0 atom stereocenters. The molecule has 0 saturated carbocycles. The van der Waals surface area contributed by atoms with E-state index in [9.17, 15) is 4.79 Å². The predicted octanol–water partition coefficient (Wildman–Crippen LogP) is 2.15. The highest BCUT2D eigenvalue weighted by atomic mass is 32.1. The van der Waals surface area contributed by atoms with E-state index in [0.717, 1.165) is 0 Å². The van der Waals surface area contributed by atoms with Crippen LogP contribution in [0.1, 0.15) is 27.9 Å². The summed E-state index contributed by atoms with van der Waals surface area (Å²) in [4.78, 5) is 27.0. The molecule has 1 aliphatic heterocycles. The molecule has 0 saturated heterocycles. The standard InChI is InChI=1S/C18H17N5O4S/c1-3-20-16(24)13-7-10-15(21-18(19)22-17(10)28-13)14(23-25-2)9-4-5-11-12(6-9)27-8-26-11/h4-7H,3,8H2,1-2H3,(H,20,24)(H2,19,21,22)/b23-14-. The number of fused-ring (bicyclic) bond motifs is 2. The number of benzene rings is 1. The van der Waals surface area contributed by atoms with Gasteiger partial charge in [-0.25, -0.2) is 9.97 Å². The van der Waals surface area contributed by atoms with E-state index in [0.29, 0.717) is 50.1 Å². The Morgan fingerprint density at radius 3 is 2.93 bits per heavy atom. The molecule has 2 aromatic heterocycles. The number of oxime groups is 1. The third kappa shape index (κ3) is 3.18. The fourth-order valence-electron chi connectivity index (χ4n) is 2.85. The largest absolute Gasteiger partial charge is 0.454 e. The SMILES string of the molecule is CCNC(=O)c1cc2c(/C(=N\OC)c3ccc4c(c3)OCO4)nc(N)nc2s1. The Labute approximate surface area is 164 Å². The fourth-order valence-corrected chi connectivity index (χ4v) is 3.80. The molecule has 144 valence electrons. The summed E-state index contributed by atoms with van der Waals surface area (Å²) in [6, 6.07) is 7.14. The lowest BCUT2D eigenvalue weighted by molar-refractivity contribution is 0.0960. The molecule has 4 rings (SSSR count). The van der Waals surface area contributed by atoms with Crippen LogP contribution in [0.3, 0.4) is 0 Å². The van der Waals surface area contributed by atoms with Gasteiger partial charge in [0.1, 0.15) is 23.3 Å². The molecule has 0 spiro atoms. The molecule has 1 aromatic carbocycles. The normalized spacial score (nSPS) is 13.0. The van der Waals surface area contributed by atoms with Crippen LogP contribution in [-0.2, 0) is 4.84 Å². The van der Waals surface area contributed by atoms with Gasteiger partial charge in [-0.3, -0.25) is 4.79 Å². The molecule has 0 unspecified atom stereocenters. The van der Waals surface area contributed by atoms with Crippen molar-refractivity contribution in [2.75, 3.05) is 26.2 Å². The smallest absolute Gasteiger partial charge is 0.261 e. The first kappa shape index (κ1) is 18.0. The molecule has 0 radical (unpaired) electrons. The van der Waals surface area contributed by atoms with Crippen molar-refractivity contribution in [3.63, 3.8) is 0 Å². The number of amides is 1. The number of rotatable bonds is 5. The van der Waals surface area contributed by atoms with Crippen molar-refractivity contribution in [3.8, 4) is 11.5 Å². The first-order valence-electron chi connectivity index (χ1n) is 8.47. The molecule has 28 heavy (non-hydrogen) atoms. The van der Waals surface area contributed by atoms with Crippen LogP contribution < -0.4 is 20.5 Å². The highest BCUT2D eigenvalue weighted by molar-refractivity contribution is 7.20. The van der Waals surface area contributed by atoms with Gasteiger partial charge in [0.05, 0.1) is 4.88 Å². The number of nitrogens with one attached hydrogen (secondary N) is 1. The van der Waals surface area contributed by atoms with Crippen molar-refractivity contribution in [1.29, 1.82) is 0 Å². The van der Waals surface area contributed by atoms with Crippen LogP contribution in [-0.4, -0.2) is 42.0 Å². The maximum absolute atomic E-state index is 12.2. The zero-order valence-corrected chi connectivity index (χ0v) is 16.0. The van der Waals surface area contributed by atoms with Crippen LogP contribution in [0.5, 0.6) is 11.5 Å². The average Bonchev–Trinajstić information content (AvgIpc) is 3.31. The number of thiophene rings is 1. The fraction of sp³-hybridized carbons (Fsp3) is 0.222. The molecule has 3 N–H and O–H groups in total. The Balaban J connectivity index is 1.87. The number of ether oxygens (including phenoxy) is 2. The summed E-state index contributed by atoms with van der Waals surface area (Å²) >= 11 is 1.24. The molecule has 10 heteroatoms. The summed E-state index contributed by atoms with van der Waals surface area (Å²) in [7, 11) is 1.45. The molecule has 0 aliphatic carbocycles. The highest BCUT2D eigenvalue weighted by Gasteiger charge is 2.22. The number of anilines is 1. The number of hydrogen-bond acceptors (Lipinski definition) is 9. The second-order valence-corrected chi connectivity index (χ2v) is 6.84. The number of aromatic nitrogens is 2. The quantitative estimate of drug-likeness (QED) is 0.498. The number of nitrogens with zero attached hydrogens (tertiary/aromatic N) is 3. The van der Waals surface area contributed by atoms with E-state index >= 15 is 0 Å². The van der Waals surface area contributed by atoms with Gasteiger partial charge >= 0.3 is 0 Å². The van der Waals surface area contributed by atoms with Gasteiger partial charge in [0.15, 0.2) is 11.5 Å². The van der Waals surface area contributed by atoms with E-state index in [1.807, 2.05) is 13.0 Å². The molecule has 1 aliphatic rings. The second kappa shape index (κ2) is 7.31. The number of carbonyl (C=O) groups is 1. The van der Waals surface area contributed by atoms with Crippen molar-refractivity contribution < 1.29 is 19.1 Å². The zero-order valence-electron chi connectivity index (χ0n) is 15.2. The molecule has 3 heterocycles. The minimum absolute atomic E-state index is 0.0800. The van der Waals surface area contributed by atoms with Crippen LogP contribution in [0.15, 0.2) is 29.4 Å². The van der Waals surface area contributed by atoms with Gasteiger partial charge < -0.3 is 25.4 Å². The minimum atomic E-state index is -0.177. The van der Waals surface area contributed by atoms with E-state index in [2.05, 4.69) is 20.4 Å². The Hall–Kier alpha value is -3.40. The van der Waals surface area contributed by atoms with Crippen molar-refractivity contribution in [1.82, 2.24) is 15.3 Å². The van der Waals surface area contributed by atoms with Gasteiger partial charge in [-0.1, -0.05) is 5.16 Å². The summed E-state index contributed by atoms with van der Waals surface area (Å²) in [6.45, 7) is 2.55. The van der Waals surface area contributed by atoms with Crippen LogP contribution in [0.2, 0.25) is 0 Å². The van der Waals surface area contributed by atoms with Gasteiger partial charge in [0.2, 0.25) is 12.7 Å². The van der Waals surface area contributed by atoms with E-state index < -0.39 is 0 Å². The highest BCUT2D eigenvalue weighted by Crippen LogP contribution is 2.34. The van der Waals surface area contributed by atoms with Crippen LogP contribution >= 0.6 is 11.3 Å². The summed E-state index contributed by atoms with van der Waals surface area (Å²) in [6.07, 6.45) is 0. The van der Waals surface area contributed by atoms with Crippen molar-refractivity contribution in [2.45, 2.75) is 6.92 Å². The molecular weight excluding hydrogens is 382 g/mol. The van der Waals surface area contributed by atoms with Crippen LogP contribution in [0.25, 0.3) is 10.2 Å². The minimum Gasteiger partial charge on any atom is -0.454 e. The lowest BCUT2D eigenvalue weighted by Gasteiger charge is -2.08. The molecule has 1 amide bonds. The van der Waals surface area contributed by atoms with E-state index in [4.69, 9.17) is 20.0 Å². The van der Waals surface area contributed by atoms with Gasteiger partial charge in [-0.2, -0.15) is 0 Å². The van der Waals surface area contributed by atoms with Crippen molar-refractivity contribution in [2.24, 2.45) is 5.16 Å². The average molecular weight is 399 g/mol.